The van der Waals surface area contributed by atoms with Gasteiger partial charge in [-0.2, -0.15) is 0 Å². The largest absolute Gasteiger partial charge is 0.394 e. The van der Waals surface area contributed by atoms with Crippen molar-refractivity contribution in [1.82, 2.24) is 0 Å². The number of hydrogen-bond donors (Lipinski definition) is 6. The zero-order valence-corrected chi connectivity index (χ0v) is 20.5. The van der Waals surface area contributed by atoms with E-state index >= 15 is 0 Å². The number of aryl methyl sites for hydroxylation is 2. The lowest BCUT2D eigenvalue weighted by Gasteiger charge is -2.46. The number of aliphatic hydroxyl groups excluding tert-OH is 4. The molecule has 0 saturated heterocycles. The first-order valence-corrected chi connectivity index (χ1v) is 11.9. The smallest absolute Gasteiger partial charge is 0.126 e. The van der Waals surface area contributed by atoms with E-state index in [0.717, 1.165) is 29.5 Å². The van der Waals surface area contributed by atoms with Crippen molar-refractivity contribution in [1.29, 1.82) is 0 Å². The average Bonchev–Trinajstić information content (AvgIpc) is 2.82. The van der Waals surface area contributed by atoms with Crippen LogP contribution in [0, 0.1) is 0 Å². The first kappa shape index (κ1) is 28.2. The maximum Gasteiger partial charge on any atom is 0.126 e. The van der Waals surface area contributed by atoms with Crippen LogP contribution in [-0.2, 0) is 25.7 Å². The lowest BCUT2D eigenvalue weighted by molar-refractivity contribution is -0.228. The lowest BCUT2D eigenvalue weighted by atomic mass is 9.71. The number of benzene rings is 2. The van der Waals surface area contributed by atoms with E-state index in [0.29, 0.717) is 11.1 Å². The molecule has 2 rings (SSSR count). The van der Waals surface area contributed by atoms with E-state index in [4.69, 9.17) is 0 Å². The maximum atomic E-state index is 11.8. The van der Waals surface area contributed by atoms with Crippen LogP contribution < -0.4 is 0 Å². The predicted molar refractivity (Wildman–Crippen MR) is 133 cm³/mol. The summed E-state index contributed by atoms with van der Waals surface area (Å²) in [5.41, 5.74) is -0.231. The predicted octanol–water partition coefficient (Wildman–Crippen LogP) is 2.10. The number of rotatable bonds is 13. The summed E-state index contributed by atoms with van der Waals surface area (Å²) >= 11 is 0. The van der Waals surface area contributed by atoms with Crippen LogP contribution in [0.3, 0.4) is 0 Å². The molecule has 2 aromatic carbocycles. The Bertz CT molecular complexity index is 944. The highest BCUT2D eigenvalue weighted by Gasteiger charge is 2.54. The summed E-state index contributed by atoms with van der Waals surface area (Å²) in [6.07, 6.45) is -4.24. The van der Waals surface area contributed by atoms with Crippen molar-refractivity contribution in [2.75, 3.05) is 6.61 Å². The van der Waals surface area contributed by atoms with Gasteiger partial charge in [0.05, 0.1) is 6.61 Å². The third kappa shape index (κ3) is 6.75. The molecule has 188 valence electrons. The summed E-state index contributed by atoms with van der Waals surface area (Å²) in [5.74, 6) is 0. The molecule has 0 spiro atoms. The van der Waals surface area contributed by atoms with Gasteiger partial charge in [0.1, 0.15) is 29.5 Å². The SMILES string of the molecule is C=C(C)CC(O)(Cc1cccc(CC)c1)[C@@H](O)[C@@](O)(Cc1cccc(CC)c1)[C@H](O)[C@@H](O)CO. The van der Waals surface area contributed by atoms with E-state index in [2.05, 4.69) is 6.58 Å². The summed E-state index contributed by atoms with van der Waals surface area (Å²) in [5, 5.41) is 65.6. The number of aliphatic hydroxyl groups is 6. The topological polar surface area (TPSA) is 121 Å². The summed E-state index contributed by atoms with van der Waals surface area (Å²) < 4.78 is 0. The molecular weight excluding hydrogens is 432 g/mol. The van der Waals surface area contributed by atoms with E-state index in [1.54, 1.807) is 13.0 Å². The fourth-order valence-electron chi connectivity index (χ4n) is 4.64. The molecule has 0 aliphatic carbocycles. The molecule has 0 radical (unpaired) electrons. The second-order valence-electron chi connectivity index (χ2n) is 9.53. The molecule has 0 aliphatic rings. The Balaban J connectivity index is 2.55. The third-order valence-corrected chi connectivity index (χ3v) is 6.45. The van der Waals surface area contributed by atoms with E-state index in [-0.39, 0.29) is 19.3 Å². The normalized spacial score (nSPS) is 17.9. The molecule has 0 aromatic heterocycles. The van der Waals surface area contributed by atoms with Crippen molar-refractivity contribution in [3.05, 3.63) is 82.9 Å². The highest BCUT2D eigenvalue weighted by molar-refractivity contribution is 5.29. The minimum absolute atomic E-state index is 0.00584. The molecule has 2 aromatic rings. The fraction of sp³-hybridized carbons (Fsp3) is 0.500. The zero-order valence-electron chi connectivity index (χ0n) is 20.5. The van der Waals surface area contributed by atoms with E-state index in [1.165, 1.54) is 0 Å². The standard InChI is InChI=1S/C28H40O6/c1-5-20-9-7-11-22(13-20)16-27(33,15-19(3)4)26(32)28(34,25(31)24(30)18-29)17-23-12-8-10-21(6-2)14-23/h7-14,24-26,29-34H,3,5-6,15-18H2,1-2,4H3/t24-,25+,26+,27?,28+/m0/s1. The zero-order chi connectivity index (χ0) is 25.5. The van der Waals surface area contributed by atoms with Crippen LogP contribution in [0.5, 0.6) is 0 Å². The van der Waals surface area contributed by atoms with Gasteiger partial charge in [-0.1, -0.05) is 68.0 Å². The Morgan fingerprint density at radius 1 is 0.853 bits per heavy atom. The second kappa shape index (κ2) is 12.1. The lowest BCUT2D eigenvalue weighted by Crippen LogP contribution is -2.66. The molecule has 5 atom stereocenters. The third-order valence-electron chi connectivity index (χ3n) is 6.45. The van der Waals surface area contributed by atoms with Crippen molar-refractivity contribution in [2.24, 2.45) is 0 Å². The van der Waals surface area contributed by atoms with Crippen LogP contribution >= 0.6 is 0 Å². The van der Waals surface area contributed by atoms with E-state index in [9.17, 15) is 30.6 Å². The van der Waals surface area contributed by atoms with E-state index in [1.807, 2.05) is 56.3 Å². The van der Waals surface area contributed by atoms with Gasteiger partial charge in [-0.25, -0.2) is 0 Å². The molecule has 0 heterocycles. The molecule has 34 heavy (non-hydrogen) atoms. The van der Waals surface area contributed by atoms with Gasteiger partial charge in [0.25, 0.3) is 0 Å². The van der Waals surface area contributed by atoms with Crippen LogP contribution in [0.2, 0.25) is 0 Å². The summed E-state index contributed by atoms with van der Waals surface area (Å²) in [7, 11) is 0. The summed E-state index contributed by atoms with van der Waals surface area (Å²) in [6, 6.07) is 14.9. The van der Waals surface area contributed by atoms with Crippen molar-refractivity contribution in [2.45, 2.75) is 82.4 Å². The second-order valence-corrected chi connectivity index (χ2v) is 9.53. The molecule has 1 unspecified atom stereocenters. The molecule has 0 amide bonds. The van der Waals surface area contributed by atoms with Gasteiger partial charge in [0, 0.05) is 12.8 Å². The Morgan fingerprint density at radius 3 is 1.76 bits per heavy atom. The van der Waals surface area contributed by atoms with Gasteiger partial charge in [0.2, 0.25) is 0 Å². The summed E-state index contributed by atoms with van der Waals surface area (Å²) in [6.45, 7) is 8.78. The van der Waals surface area contributed by atoms with Crippen LogP contribution in [0.15, 0.2) is 60.7 Å². The average molecular weight is 473 g/mol. The van der Waals surface area contributed by atoms with Crippen molar-refractivity contribution < 1.29 is 30.6 Å². The minimum atomic E-state index is -2.36. The molecule has 6 N–H and O–H groups in total. The Morgan fingerprint density at radius 2 is 1.32 bits per heavy atom. The van der Waals surface area contributed by atoms with Crippen LogP contribution in [0.1, 0.15) is 49.4 Å². The molecule has 0 fully saturated rings. The molecular formula is C28H40O6. The van der Waals surface area contributed by atoms with Gasteiger partial charge >= 0.3 is 0 Å². The van der Waals surface area contributed by atoms with Crippen LogP contribution in [0.4, 0.5) is 0 Å². The molecule has 6 nitrogen and oxygen atoms in total. The van der Waals surface area contributed by atoms with Gasteiger partial charge < -0.3 is 30.6 Å². The fourth-order valence-corrected chi connectivity index (χ4v) is 4.64. The van der Waals surface area contributed by atoms with Gasteiger partial charge in [-0.05, 0) is 48.4 Å². The first-order valence-electron chi connectivity index (χ1n) is 11.9. The Hall–Kier alpha value is -2.06. The summed E-state index contributed by atoms with van der Waals surface area (Å²) in [4.78, 5) is 0. The molecule has 0 aliphatic heterocycles. The first-order chi connectivity index (χ1) is 16.0. The van der Waals surface area contributed by atoms with E-state index < -0.39 is 36.1 Å². The number of hydrogen-bond acceptors (Lipinski definition) is 6. The van der Waals surface area contributed by atoms with Gasteiger partial charge in [-0.3, -0.25) is 0 Å². The van der Waals surface area contributed by atoms with Crippen LogP contribution in [-0.4, -0.2) is 66.8 Å². The monoisotopic (exact) mass is 472 g/mol. The van der Waals surface area contributed by atoms with Crippen LogP contribution in [0.25, 0.3) is 0 Å². The molecule has 0 bridgehead atoms. The highest BCUT2D eigenvalue weighted by Crippen LogP contribution is 2.36. The Labute approximate surface area is 202 Å². The van der Waals surface area contributed by atoms with Gasteiger partial charge in [-0.15, -0.1) is 6.58 Å². The van der Waals surface area contributed by atoms with Crippen molar-refractivity contribution in [3.63, 3.8) is 0 Å². The van der Waals surface area contributed by atoms with Gasteiger partial charge in [0.15, 0.2) is 0 Å². The van der Waals surface area contributed by atoms with Crippen molar-refractivity contribution >= 4 is 0 Å². The molecule has 0 saturated carbocycles. The molecule has 6 heteroatoms. The minimum Gasteiger partial charge on any atom is -0.394 e. The quantitative estimate of drug-likeness (QED) is 0.248. The highest BCUT2D eigenvalue weighted by atomic mass is 16.4. The van der Waals surface area contributed by atoms with Crippen molar-refractivity contribution in [3.8, 4) is 0 Å². The maximum absolute atomic E-state index is 11.8. The Kier molecular flexibility index (Phi) is 10.0.